The van der Waals surface area contributed by atoms with E-state index in [4.69, 9.17) is 4.11 Å². The van der Waals surface area contributed by atoms with Crippen molar-refractivity contribution < 1.29 is 8.91 Å². The van der Waals surface area contributed by atoms with Crippen LogP contribution in [0.25, 0.3) is 0 Å². The van der Waals surface area contributed by atoms with E-state index in [9.17, 15) is 4.79 Å². The molecule has 2 nitrogen and oxygen atoms in total. The maximum absolute atomic E-state index is 11.7. The lowest BCUT2D eigenvalue weighted by Gasteiger charge is -2.33. The summed E-state index contributed by atoms with van der Waals surface area (Å²) in [6.07, 6.45) is -2.95. The minimum absolute atomic E-state index is 0.00648. The number of hydrogen-bond donors (Lipinski definition) is 1. The summed E-state index contributed by atoms with van der Waals surface area (Å²) < 4.78 is 23.3. The van der Waals surface area contributed by atoms with Crippen LogP contribution in [0.2, 0.25) is 0 Å². The molecular formula is C10H17NO. The van der Waals surface area contributed by atoms with Crippen molar-refractivity contribution in [3.8, 4) is 0 Å². The van der Waals surface area contributed by atoms with Crippen molar-refractivity contribution in [3.05, 3.63) is 12.3 Å². The molecule has 1 aliphatic heterocycles. The van der Waals surface area contributed by atoms with Crippen molar-refractivity contribution in [1.82, 2.24) is 5.32 Å². The van der Waals surface area contributed by atoms with Crippen LogP contribution in [0.4, 0.5) is 0 Å². The molecule has 1 amide bonds. The van der Waals surface area contributed by atoms with Crippen molar-refractivity contribution in [2.45, 2.75) is 33.5 Å². The molecule has 12 heavy (non-hydrogen) atoms. The predicted molar refractivity (Wildman–Crippen MR) is 49.5 cm³/mol. The predicted octanol–water partition coefficient (Wildman–Crippen LogP) is 2.07. The van der Waals surface area contributed by atoms with Crippen molar-refractivity contribution in [3.63, 3.8) is 0 Å². The fourth-order valence-electron chi connectivity index (χ4n) is 1.17. The minimum atomic E-state index is -1.86. The third kappa shape index (κ3) is 1.87. The Balaban J connectivity index is 3.10. The van der Waals surface area contributed by atoms with E-state index in [1.54, 1.807) is 0 Å². The maximum Gasteiger partial charge on any atom is 0.227 e. The number of allylic oxidation sites excluding steroid dienone is 1. The Labute approximate surface area is 78.3 Å². The largest absolute Gasteiger partial charge is 0.330 e. The molecule has 1 fully saturated rings. The van der Waals surface area contributed by atoms with E-state index in [0.29, 0.717) is 0 Å². The van der Waals surface area contributed by atoms with Crippen LogP contribution in [0.3, 0.4) is 0 Å². The molecule has 1 aliphatic rings. The lowest BCUT2D eigenvalue weighted by atomic mass is 9.76. The van der Waals surface area contributed by atoms with Gasteiger partial charge in [-0.15, -0.1) is 0 Å². The molecule has 2 heteroatoms. The van der Waals surface area contributed by atoms with Crippen molar-refractivity contribution in [1.29, 1.82) is 0 Å². The summed E-state index contributed by atoms with van der Waals surface area (Å²) in [5.41, 5.74) is -0.433. The molecule has 0 aromatic heterocycles. The number of hydrogen-bond acceptors (Lipinski definition) is 1. The molecule has 1 heterocycles. The highest BCUT2D eigenvalue weighted by atomic mass is 16.2. The van der Waals surface area contributed by atoms with Gasteiger partial charge in [-0.3, -0.25) is 4.79 Å². The van der Waals surface area contributed by atoms with Gasteiger partial charge in [0.25, 0.3) is 0 Å². The lowest BCUT2D eigenvalue weighted by Crippen LogP contribution is -2.41. The molecule has 1 N–H and O–H groups in total. The molecule has 0 saturated carbocycles. The SMILES string of the molecule is [2H]C1C(C(C)(C)C)C(=O)NC(=C)C1([2H])[2H]. The number of nitrogens with one attached hydrogen (secondary N) is 1. The second-order valence-electron chi connectivity index (χ2n) is 4.12. The summed E-state index contributed by atoms with van der Waals surface area (Å²) in [5, 5.41) is 2.43. The Morgan fingerprint density at radius 2 is 2.25 bits per heavy atom. The van der Waals surface area contributed by atoms with E-state index >= 15 is 0 Å². The second kappa shape index (κ2) is 2.92. The number of rotatable bonds is 0. The van der Waals surface area contributed by atoms with Crippen LogP contribution in [-0.2, 0) is 4.79 Å². The van der Waals surface area contributed by atoms with Gasteiger partial charge < -0.3 is 5.32 Å². The van der Waals surface area contributed by atoms with E-state index in [0.717, 1.165) is 0 Å². The van der Waals surface area contributed by atoms with E-state index < -0.39 is 24.1 Å². The summed E-state index contributed by atoms with van der Waals surface area (Å²) in [6.45, 7) is 8.97. The molecule has 2 unspecified atom stereocenters. The number of amides is 1. The first kappa shape index (κ1) is 5.79. The average Bonchev–Trinajstić information content (AvgIpc) is 1.98. The van der Waals surface area contributed by atoms with E-state index in [-0.39, 0.29) is 11.6 Å². The number of carbonyl (C=O) groups excluding carboxylic acids is 1. The van der Waals surface area contributed by atoms with Gasteiger partial charge in [0.1, 0.15) is 0 Å². The third-order valence-electron chi connectivity index (χ3n) is 1.91. The smallest absolute Gasteiger partial charge is 0.227 e. The normalized spacial score (nSPS) is 39.4. The Bertz CT molecular complexity index is 306. The lowest BCUT2D eigenvalue weighted by molar-refractivity contribution is -0.129. The molecule has 1 rings (SSSR count). The Hall–Kier alpha value is -0.790. The average molecular weight is 170 g/mol. The standard InChI is InChI=1S/C10H17NO/c1-7-5-6-8(9(12)11-7)10(2,3)4/h8H,1,5-6H2,2-4H3,(H,11,12)/i5D2,6D. The first-order chi connectivity index (χ1) is 6.58. The van der Waals surface area contributed by atoms with Crippen LogP contribution in [0.5, 0.6) is 0 Å². The maximum atomic E-state index is 11.7. The third-order valence-corrected chi connectivity index (χ3v) is 1.91. The van der Waals surface area contributed by atoms with E-state index in [2.05, 4.69) is 11.9 Å². The van der Waals surface area contributed by atoms with Gasteiger partial charge in [-0.05, 0) is 18.2 Å². The van der Waals surface area contributed by atoms with Crippen LogP contribution in [0.15, 0.2) is 12.3 Å². The van der Waals surface area contributed by atoms with Crippen LogP contribution in [0.1, 0.15) is 37.7 Å². The fraction of sp³-hybridized carbons (Fsp3) is 0.700. The zero-order valence-electron chi connectivity index (χ0n) is 10.8. The molecular weight excluding hydrogens is 150 g/mol. The van der Waals surface area contributed by atoms with Crippen molar-refractivity contribution >= 4 is 5.91 Å². The summed E-state index contributed by atoms with van der Waals surface area (Å²) in [7, 11) is 0. The van der Waals surface area contributed by atoms with Crippen LogP contribution in [-0.4, -0.2) is 5.91 Å². The Morgan fingerprint density at radius 3 is 2.75 bits per heavy atom. The van der Waals surface area contributed by atoms with Gasteiger partial charge in [-0.25, -0.2) is 0 Å². The molecule has 1 saturated heterocycles. The van der Waals surface area contributed by atoms with Crippen LogP contribution >= 0.6 is 0 Å². The highest BCUT2D eigenvalue weighted by molar-refractivity contribution is 5.82. The highest BCUT2D eigenvalue weighted by Crippen LogP contribution is 2.33. The minimum Gasteiger partial charge on any atom is -0.330 e. The molecule has 0 aliphatic carbocycles. The second-order valence-corrected chi connectivity index (χ2v) is 4.12. The highest BCUT2D eigenvalue weighted by Gasteiger charge is 2.33. The van der Waals surface area contributed by atoms with Gasteiger partial charge in [0.2, 0.25) is 5.91 Å². The molecule has 68 valence electrons. The zero-order chi connectivity index (χ0) is 12.0. The van der Waals surface area contributed by atoms with Gasteiger partial charge >= 0.3 is 0 Å². The first-order valence-corrected chi connectivity index (χ1v) is 4.01. The molecule has 0 bridgehead atoms. The molecule has 0 aromatic rings. The van der Waals surface area contributed by atoms with E-state index in [1.807, 2.05) is 20.8 Å². The van der Waals surface area contributed by atoms with Gasteiger partial charge in [0.15, 0.2) is 0 Å². The Kier molecular flexibility index (Phi) is 1.41. The molecule has 2 atom stereocenters. The summed E-state index contributed by atoms with van der Waals surface area (Å²) in [4.78, 5) is 11.7. The fourth-order valence-corrected chi connectivity index (χ4v) is 1.17. The Morgan fingerprint density at radius 1 is 1.67 bits per heavy atom. The summed E-state index contributed by atoms with van der Waals surface area (Å²) in [6, 6.07) is 0. The first-order valence-electron chi connectivity index (χ1n) is 5.58. The number of carbonyl (C=O) groups is 1. The van der Waals surface area contributed by atoms with Crippen molar-refractivity contribution in [2.75, 3.05) is 0 Å². The van der Waals surface area contributed by atoms with Crippen LogP contribution < -0.4 is 5.32 Å². The van der Waals surface area contributed by atoms with Gasteiger partial charge in [0, 0.05) is 15.7 Å². The monoisotopic (exact) mass is 170 g/mol. The molecule has 0 aromatic carbocycles. The van der Waals surface area contributed by atoms with Crippen molar-refractivity contribution in [2.24, 2.45) is 11.3 Å². The van der Waals surface area contributed by atoms with Gasteiger partial charge in [-0.2, -0.15) is 0 Å². The summed E-state index contributed by atoms with van der Waals surface area (Å²) >= 11 is 0. The zero-order valence-corrected chi connectivity index (χ0v) is 7.77. The molecule has 0 radical (unpaired) electrons. The van der Waals surface area contributed by atoms with E-state index in [1.165, 1.54) is 0 Å². The molecule has 0 spiro atoms. The number of piperidine rings is 1. The van der Waals surface area contributed by atoms with Gasteiger partial charge in [-0.1, -0.05) is 27.4 Å². The van der Waals surface area contributed by atoms with Gasteiger partial charge in [0.05, 0.1) is 0 Å². The van der Waals surface area contributed by atoms with Crippen LogP contribution in [0, 0.1) is 11.3 Å². The topological polar surface area (TPSA) is 29.1 Å². The summed E-state index contributed by atoms with van der Waals surface area (Å²) in [5.74, 6) is -0.958. The quantitative estimate of drug-likeness (QED) is 0.592.